The van der Waals surface area contributed by atoms with E-state index in [4.69, 9.17) is 5.11 Å². The van der Waals surface area contributed by atoms with E-state index in [2.05, 4.69) is 30.5 Å². The number of carbonyl (C=O) groups is 2. The molecule has 6 atom stereocenters. The van der Waals surface area contributed by atoms with Crippen LogP contribution in [0.1, 0.15) is 78.1 Å². The zero-order valence-electron chi connectivity index (χ0n) is 17.6. The van der Waals surface area contributed by atoms with Crippen LogP contribution in [0.2, 0.25) is 0 Å². The molecule has 29 heavy (non-hydrogen) atoms. The maximum absolute atomic E-state index is 11.9. The number of nitrogens with zero attached hydrogens (tertiary/aromatic N) is 1. The first kappa shape index (κ1) is 20.6. The monoisotopic (exact) mass is 402 g/mol. The van der Waals surface area contributed by atoms with Crippen molar-refractivity contribution in [3.63, 3.8) is 0 Å². The van der Waals surface area contributed by atoms with Crippen molar-refractivity contribution in [3.05, 3.63) is 11.6 Å². The summed E-state index contributed by atoms with van der Waals surface area (Å²) in [5.74, 6) is 0.620. The van der Waals surface area contributed by atoms with Gasteiger partial charge in [-0.15, -0.1) is 0 Å². The summed E-state index contributed by atoms with van der Waals surface area (Å²) in [4.78, 5) is 22.6. The molecule has 0 unspecified atom stereocenters. The third-order valence-corrected chi connectivity index (χ3v) is 8.70. The summed E-state index contributed by atoms with van der Waals surface area (Å²) in [6, 6.07) is 0. The third-order valence-electron chi connectivity index (χ3n) is 8.70. The van der Waals surface area contributed by atoms with E-state index in [0.717, 1.165) is 50.7 Å². The third kappa shape index (κ3) is 3.54. The SMILES string of the molecule is C[C@]12CC[C@@H](O)CC1=CC[C@@H]1[C@@H]2CC[C@]2(C)/C(=N\NC(=O)CCC(=O)O)CC[C@@H]12. The highest BCUT2D eigenvalue weighted by atomic mass is 16.4. The van der Waals surface area contributed by atoms with Crippen LogP contribution in [0.4, 0.5) is 0 Å². The Hall–Kier alpha value is -1.69. The van der Waals surface area contributed by atoms with Crippen molar-refractivity contribution in [1.29, 1.82) is 0 Å². The smallest absolute Gasteiger partial charge is 0.303 e. The lowest BCUT2D eigenvalue weighted by Gasteiger charge is -2.57. The molecule has 0 aliphatic heterocycles. The predicted molar refractivity (Wildman–Crippen MR) is 110 cm³/mol. The van der Waals surface area contributed by atoms with Crippen molar-refractivity contribution in [3.8, 4) is 0 Å². The topological polar surface area (TPSA) is 99.0 Å². The van der Waals surface area contributed by atoms with E-state index in [-0.39, 0.29) is 35.7 Å². The summed E-state index contributed by atoms with van der Waals surface area (Å²) in [5.41, 5.74) is 5.44. The number of carbonyl (C=O) groups excluding carboxylic acids is 1. The lowest BCUT2D eigenvalue weighted by atomic mass is 9.48. The first-order valence-electron chi connectivity index (χ1n) is 11.2. The van der Waals surface area contributed by atoms with Gasteiger partial charge in [0.1, 0.15) is 0 Å². The maximum Gasteiger partial charge on any atom is 0.303 e. The minimum absolute atomic E-state index is 0.0249. The van der Waals surface area contributed by atoms with Crippen LogP contribution >= 0.6 is 0 Å². The Kier molecular flexibility index (Phi) is 5.34. The van der Waals surface area contributed by atoms with Gasteiger partial charge in [-0.25, -0.2) is 5.43 Å². The minimum Gasteiger partial charge on any atom is -0.481 e. The van der Waals surface area contributed by atoms with Crippen LogP contribution in [-0.2, 0) is 9.59 Å². The number of hydrogen-bond donors (Lipinski definition) is 3. The molecule has 0 aromatic rings. The lowest BCUT2D eigenvalue weighted by Crippen LogP contribution is -2.50. The van der Waals surface area contributed by atoms with Gasteiger partial charge in [0, 0.05) is 17.5 Å². The molecule has 0 aromatic heterocycles. The highest BCUT2D eigenvalue weighted by Gasteiger charge is 2.57. The van der Waals surface area contributed by atoms with Crippen LogP contribution in [0.3, 0.4) is 0 Å². The molecule has 3 saturated carbocycles. The molecular weight excluding hydrogens is 368 g/mol. The highest BCUT2D eigenvalue weighted by Crippen LogP contribution is 2.64. The van der Waals surface area contributed by atoms with Gasteiger partial charge in [0.15, 0.2) is 0 Å². The first-order valence-corrected chi connectivity index (χ1v) is 11.2. The molecule has 4 rings (SSSR count). The van der Waals surface area contributed by atoms with Crippen molar-refractivity contribution in [2.45, 2.75) is 84.2 Å². The van der Waals surface area contributed by atoms with Crippen LogP contribution in [0, 0.1) is 28.6 Å². The van der Waals surface area contributed by atoms with Gasteiger partial charge in [0.25, 0.3) is 0 Å². The van der Waals surface area contributed by atoms with Crippen molar-refractivity contribution in [2.75, 3.05) is 0 Å². The van der Waals surface area contributed by atoms with Gasteiger partial charge in [-0.2, -0.15) is 5.10 Å². The number of hydrogen-bond acceptors (Lipinski definition) is 4. The lowest BCUT2D eigenvalue weighted by molar-refractivity contribution is -0.138. The maximum atomic E-state index is 11.9. The highest BCUT2D eigenvalue weighted by molar-refractivity contribution is 5.93. The van der Waals surface area contributed by atoms with E-state index in [1.54, 1.807) is 0 Å². The molecule has 160 valence electrons. The Balaban J connectivity index is 1.49. The average Bonchev–Trinajstić information content (AvgIpc) is 3.01. The fourth-order valence-electron chi connectivity index (χ4n) is 7.02. The van der Waals surface area contributed by atoms with Crippen LogP contribution in [0.25, 0.3) is 0 Å². The van der Waals surface area contributed by atoms with Crippen molar-refractivity contribution < 1.29 is 19.8 Å². The van der Waals surface area contributed by atoms with E-state index in [9.17, 15) is 14.7 Å². The number of fused-ring (bicyclic) bond motifs is 5. The van der Waals surface area contributed by atoms with Crippen LogP contribution < -0.4 is 5.43 Å². The zero-order chi connectivity index (χ0) is 20.8. The molecule has 6 heteroatoms. The summed E-state index contributed by atoms with van der Waals surface area (Å²) in [5, 5.41) is 23.3. The van der Waals surface area contributed by atoms with Gasteiger partial charge in [-0.1, -0.05) is 25.5 Å². The second-order valence-corrected chi connectivity index (χ2v) is 10.1. The van der Waals surface area contributed by atoms with Crippen molar-refractivity contribution >= 4 is 17.6 Å². The molecule has 0 aromatic carbocycles. The van der Waals surface area contributed by atoms with Crippen LogP contribution in [0.15, 0.2) is 16.8 Å². The van der Waals surface area contributed by atoms with E-state index in [1.807, 2.05) is 0 Å². The first-order chi connectivity index (χ1) is 13.7. The zero-order valence-corrected chi connectivity index (χ0v) is 17.6. The molecule has 0 heterocycles. The molecule has 0 bridgehead atoms. The fraction of sp³-hybridized carbons (Fsp3) is 0.783. The normalized spacial score (nSPS) is 42.4. The molecule has 4 aliphatic rings. The number of amides is 1. The Bertz CT molecular complexity index is 760. The summed E-state index contributed by atoms with van der Waals surface area (Å²) in [7, 11) is 0. The molecule has 6 nitrogen and oxygen atoms in total. The number of carboxylic acids is 1. The second kappa shape index (κ2) is 7.53. The van der Waals surface area contributed by atoms with E-state index < -0.39 is 5.97 Å². The molecule has 0 radical (unpaired) electrons. The number of allylic oxidation sites excluding steroid dienone is 1. The molecule has 1 amide bonds. The quantitative estimate of drug-likeness (QED) is 0.494. The standard InChI is InChI=1S/C23H34N2O4/c1-22-11-9-15(26)13-14(22)3-4-16-17-5-6-19(23(17,2)12-10-18(16)22)24-25-20(27)7-8-21(28)29/h3,15-18,26H,4-13H2,1-2H3,(H,25,27)(H,28,29)/b24-19-/t15-,16+,17+,18+,22+,23+/m1/s1. The number of nitrogens with one attached hydrogen (secondary N) is 1. The number of aliphatic carboxylic acids is 1. The van der Waals surface area contributed by atoms with Crippen molar-refractivity contribution in [1.82, 2.24) is 5.43 Å². The summed E-state index contributed by atoms with van der Waals surface area (Å²) in [6.45, 7) is 4.74. The van der Waals surface area contributed by atoms with E-state index >= 15 is 0 Å². The number of aliphatic hydroxyl groups is 1. The Labute approximate surface area is 172 Å². The molecule has 0 spiro atoms. The van der Waals surface area contributed by atoms with Gasteiger partial charge in [-0.3, -0.25) is 9.59 Å². The van der Waals surface area contributed by atoms with Crippen LogP contribution in [-0.4, -0.2) is 33.9 Å². The van der Waals surface area contributed by atoms with Gasteiger partial charge in [0.05, 0.1) is 12.5 Å². The Morgan fingerprint density at radius 2 is 1.86 bits per heavy atom. The summed E-state index contributed by atoms with van der Waals surface area (Å²) >= 11 is 0. The van der Waals surface area contributed by atoms with Gasteiger partial charge in [-0.05, 0) is 74.5 Å². The molecular formula is C23H34N2O4. The molecule has 3 fully saturated rings. The van der Waals surface area contributed by atoms with E-state index in [0.29, 0.717) is 17.8 Å². The summed E-state index contributed by atoms with van der Waals surface area (Å²) in [6.07, 6.45) is 10.3. The average molecular weight is 403 g/mol. The van der Waals surface area contributed by atoms with E-state index in [1.165, 1.54) is 12.0 Å². The largest absolute Gasteiger partial charge is 0.481 e. The molecule has 0 saturated heterocycles. The summed E-state index contributed by atoms with van der Waals surface area (Å²) < 4.78 is 0. The Morgan fingerprint density at radius 3 is 2.62 bits per heavy atom. The minimum atomic E-state index is -0.965. The number of carboxylic acid groups (broad SMARTS) is 1. The predicted octanol–water partition coefficient (Wildman–Crippen LogP) is 3.65. The number of hydrazone groups is 1. The van der Waals surface area contributed by atoms with Gasteiger partial charge < -0.3 is 10.2 Å². The van der Waals surface area contributed by atoms with Crippen LogP contribution in [0.5, 0.6) is 0 Å². The molecule has 3 N–H and O–H groups in total. The second-order valence-electron chi connectivity index (χ2n) is 10.1. The number of rotatable bonds is 4. The van der Waals surface area contributed by atoms with Crippen molar-refractivity contribution in [2.24, 2.45) is 33.7 Å². The number of aliphatic hydroxyl groups excluding tert-OH is 1. The van der Waals surface area contributed by atoms with Gasteiger partial charge >= 0.3 is 5.97 Å². The Morgan fingerprint density at radius 1 is 1.14 bits per heavy atom. The fourth-order valence-corrected chi connectivity index (χ4v) is 7.02. The van der Waals surface area contributed by atoms with Gasteiger partial charge in [0.2, 0.25) is 5.91 Å². The molecule has 4 aliphatic carbocycles.